The third kappa shape index (κ3) is 5.61. The number of aromatic nitrogens is 5. The zero-order chi connectivity index (χ0) is 27.5. The van der Waals surface area contributed by atoms with Crippen LogP contribution in [0.15, 0.2) is 48.9 Å². The fourth-order valence-electron chi connectivity index (χ4n) is 5.38. The highest BCUT2D eigenvalue weighted by atomic mass is 16.5. The smallest absolute Gasteiger partial charge is 0.228 e. The van der Waals surface area contributed by atoms with Crippen molar-refractivity contribution in [2.45, 2.75) is 38.8 Å². The quantitative estimate of drug-likeness (QED) is 0.363. The molecule has 208 valence electrons. The molecule has 0 unspecified atom stereocenters. The second kappa shape index (κ2) is 11.6. The molecular formula is C29H35N9O2. The lowest BCUT2D eigenvalue weighted by Crippen LogP contribution is -2.44. The molecule has 2 aliphatic rings. The molecule has 2 aliphatic heterocycles. The molecule has 3 N–H and O–H groups in total. The van der Waals surface area contributed by atoms with Crippen molar-refractivity contribution in [3.05, 3.63) is 54.5 Å². The third-order valence-electron chi connectivity index (χ3n) is 7.67. The highest BCUT2D eigenvalue weighted by Crippen LogP contribution is 2.30. The van der Waals surface area contributed by atoms with Gasteiger partial charge in [-0.3, -0.25) is 9.69 Å². The minimum atomic E-state index is 0.142. The Morgan fingerprint density at radius 2 is 1.75 bits per heavy atom. The largest absolute Gasteiger partial charge is 0.378 e. The van der Waals surface area contributed by atoms with Crippen LogP contribution in [0.3, 0.4) is 0 Å². The molecule has 5 heterocycles. The number of nitrogens with one attached hydrogen (secondary N) is 1. The van der Waals surface area contributed by atoms with Gasteiger partial charge in [0, 0.05) is 80.4 Å². The normalized spacial score (nSPS) is 16.9. The van der Waals surface area contributed by atoms with E-state index < -0.39 is 0 Å². The SMILES string of the molecule is CCC(=O)NC1CCN(Cc2ccc(-n3ccc4c(-c5cnc(N)nc5)nc(N5CCOCC5)nc43)cc2)CC1. The number of fused-ring (bicyclic) bond motifs is 1. The summed E-state index contributed by atoms with van der Waals surface area (Å²) in [7, 11) is 0. The van der Waals surface area contributed by atoms with Crippen LogP contribution in [0, 0.1) is 0 Å². The fourth-order valence-corrected chi connectivity index (χ4v) is 5.38. The van der Waals surface area contributed by atoms with Crippen LogP contribution in [0.5, 0.6) is 0 Å². The molecule has 2 saturated heterocycles. The van der Waals surface area contributed by atoms with Gasteiger partial charge in [0.25, 0.3) is 0 Å². The summed E-state index contributed by atoms with van der Waals surface area (Å²) in [4.78, 5) is 34.6. The van der Waals surface area contributed by atoms with Crippen molar-refractivity contribution >= 4 is 28.8 Å². The monoisotopic (exact) mass is 541 g/mol. The molecule has 0 atom stereocenters. The zero-order valence-corrected chi connectivity index (χ0v) is 22.8. The fraction of sp³-hybridized carbons (Fsp3) is 0.414. The number of nitrogens with two attached hydrogens (primary N) is 1. The maximum Gasteiger partial charge on any atom is 0.228 e. The standard InChI is InChI=1S/C29H35N9O2/c1-2-25(39)33-22-7-10-36(11-8-22)19-20-3-5-23(6-4-20)38-12-9-24-26(21-17-31-28(30)32-18-21)34-29(35-27(24)38)37-13-15-40-16-14-37/h3-6,9,12,17-18,22H,2,7-8,10-11,13-16,19H2,1H3,(H,33,39)(H2,30,31,32). The first-order valence-electron chi connectivity index (χ1n) is 14.0. The number of benzene rings is 1. The first-order chi connectivity index (χ1) is 19.6. The average molecular weight is 542 g/mol. The van der Waals surface area contributed by atoms with Crippen molar-refractivity contribution in [3.8, 4) is 16.9 Å². The van der Waals surface area contributed by atoms with Crippen LogP contribution in [0.25, 0.3) is 28.0 Å². The van der Waals surface area contributed by atoms with Crippen molar-refractivity contribution in [1.82, 2.24) is 34.7 Å². The zero-order valence-electron chi connectivity index (χ0n) is 22.8. The van der Waals surface area contributed by atoms with Gasteiger partial charge in [-0.25, -0.2) is 15.0 Å². The van der Waals surface area contributed by atoms with E-state index in [0.29, 0.717) is 31.6 Å². The summed E-state index contributed by atoms with van der Waals surface area (Å²) in [5.41, 5.74) is 10.4. The molecule has 4 aromatic rings. The number of hydrogen-bond donors (Lipinski definition) is 2. The minimum absolute atomic E-state index is 0.142. The summed E-state index contributed by atoms with van der Waals surface area (Å²) in [6.45, 7) is 7.53. The summed E-state index contributed by atoms with van der Waals surface area (Å²) in [6, 6.07) is 11.0. The highest BCUT2D eigenvalue weighted by molar-refractivity contribution is 5.92. The third-order valence-corrected chi connectivity index (χ3v) is 7.67. The summed E-state index contributed by atoms with van der Waals surface area (Å²) in [5.74, 6) is 1.04. The van der Waals surface area contributed by atoms with Crippen molar-refractivity contribution in [2.24, 2.45) is 0 Å². The Labute approximate surface area is 233 Å². The minimum Gasteiger partial charge on any atom is -0.378 e. The molecule has 1 amide bonds. The number of nitrogen functional groups attached to an aromatic ring is 1. The molecule has 11 nitrogen and oxygen atoms in total. The maximum absolute atomic E-state index is 11.7. The molecule has 0 saturated carbocycles. The molecule has 40 heavy (non-hydrogen) atoms. The first kappa shape index (κ1) is 26.1. The Bertz CT molecular complexity index is 1460. The lowest BCUT2D eigenvalue weighted by Gasteiger charge is -2.32. The van der Waals surface area contributed by atoms with E-state index in [-0.39, 0.29) is 11.9 Å². The second-order valence-electron chi connectivity index (χ2n) is 10.4. The van der Waals surface area contributed by atoms with Crippen LogP contribution in [0.2, 0.25) is 0 Å². The molecule has 2 fully saturated rings. The number of amides is 1. The number of carbonyl (C=O) groups excluding carboxylic acids is 1. The molecule has 0 spiro atoms. The number of likely N-dealkylation sites (tertiary alicyclic amines) is 1. The average Bonchev–Trinajstić information content (AvgIpc) is 3.43. The predicted molar refractivity (Wildman–Crippen MR) is 154 cm³/mol. The van der Waals surface area contributed by atoms with Gasteiger partial charge in [-0.2, -0.15) is 4.98 Å². The van der Waals surface area contributed by atoms with Crippen LogP contribution in [-0.4, -0.2) is 80.7 Å². The molecule has 11 heteroatoms. The summed E-state index contributed by atoms with van der Waals surface area (Å²) in [6.07, 6.45) is 7.98. The Balaban J connectivity index is 1.24. The van der Waals surface area contributed by atoms with Crippen molar-refractivity contribution in [1.29, 1.82) is 0 Å². The Kier molecular flexibility index (Phi) is 7.56. The Morgan fingerprint density at radius 1 is 1.02 bits per heavy atom. The van der Waals surface area contributed by atoms with E-state index in [9.17, 15) is 4.79 Å². The van der Waals surface area contributed by atoms with E-state index >= 15 is 0 Å². The van der Waals surface area contributed by atoms with Gasteiger partial charge < -0.3 is 25.3 Å². The van der Waals surface area contributed by atoms with Gasteiger partial charge in [0.2, 0.25) is 17.8 Å². The van der Waals surface area contributed by atoms with Gasteiger partial charge in [0.05, 0.1) is 18.9 Å². The number of anilines is 2. The summed E-state index contributed by atoms with van der Waals surface area (Å²) < 4.78 is 7.65. The first-order valence-corrected chi connectivity index (χ1v) is 14.0. The highest BCUT2D eigenvalue weighted by Gasteiger charge is 2.22. The number of rotatable bonds is 7. The van der Waals surface area contributed by atoms with Gasteiger partial charge in [0.1, 0.15) is 0 Å². The summed E-state index contributed by atoms with van der Waals surface area (Å²) >= 11 is 0. The topological polar surface area (TPSA) is 127 Å². The van der Waals surface area contributed by atoms with E-state index in [0.717, 1.165) is 73.5 Å². The predicted octanol–water partition coefficient (Wildman–Crippen LogP) is 2.79. The number of morpholine rings is 1. The number of piperidine rings is 1. The van der Waals surface area contributed by atoms with Crippen LogP contribution >= 0.6 is 0 Å². The number of carbonyl (C=O) groups is 1. The molecule has 0 bridgehead atoms. The van der Waals surface area contributed by atoms with Crippen molar-refractivity contribution in [3.63, 3.8) is 0 Å². The lowest BCUT2D eigenvalue weighted by atomic mass is 10.0. The van der Waals surface area contributed by atoms with Gasteiger partial charge in [-0.05, 0) is 36.6 Å². The van der Waals surface area contributed by atoms with Gasteiger partial charge >= 0.3 is 0 Å². The Morgan fingerprint density at radius 3 is 2.45 bits per heavy atom. The van der Waals surface area contributed by atoms with Crippen molar-refractivity contribution in [2.75, 3.05) is 50.0 Å². The van der Waals surface area contributed by atoms with E-state index in [1.165, 1.54) is 5.56 Å². The van der Waals surface area contributed by atoms with Gasteiger partial charge in [0.15, 0.2) is 5.65 Å². The second-order valence-corrected chi connectivity index (χ2v) is 10.4. The van der Waals surface area contributed by atoms with Crippen LogP contribution in [-0.2, 0) is 16.1 Å². The van der Waals surface area contributed by atoms with E-state index in [1.54, 1.807) is 12.4 Å². The molecule has 1 aromatic carbocycles. The Hall–Kier alpha value is -4.09. The van der Waals surface area contributed by atoms with Gasteiger partial charge in [-0.15, -0.1) is 0 Å². The molecule has 3 aromatic heterocycles. The molecule has 0 aliphatic carbocycles. The van der Waals surface area contributed by atoms with E-state index in [1.807, 2.05) is 19.2 Å². The number of hydrogen-bond acceptors (Lipinski definition) is 9. The molecular weight excluding hydrogens is 506 g/mol. The molecule has 6 rings (SSSR count). The van der Waals surface area contributed by atoms with Crippen LogP contribution in [0.1, 0.15) is 31.7 Å². The number of nitrogens with zero attached hydrogens (tertiary/aromatic N) is 7. The number of ether oxygens (including phenoxy) is 1. The molecule has 0 radical (unpaired) electrons. The summed E-state index contributed by atoms with van der Waals surface area (Å²) in [5, 5.41) is 4.06. The van der Waals surface area contributed by atoms with Crippen LogP contribution in [0.4, 0.5) is 11.9 Å². The van der Waals surface area contributed by atoms with Crippen LogP contribution < -0.4 is 16.0 Å². The van der Waals surface area contributed by atoms with Crippen molar-refractivity contribution < 1.29 is 9.53 Å². The van der Waals surface area contributed by atoms with Gasteiger partial charge in [-0.1, -0.05) is 19.1 Å². The van der Waals surface area contributed by atoms with E-state index in [2.05, 4.69) is 53.9 Å². The maximum atomic E-state index is 11.7. The van der Waals surface area contributed by atoms with E-state index in [4.69, 9.17) is 20.4 Å². The lowest BCUT2D eigenvalue weighted by molar-refractivity contribution is -0.121.